The van der Waals surface area contributed by atoms with Gasteiger partial charge in [-0.25, -0.2) is 4.79 Å². The third-order valence-electron chi connectivity index (χ3n) is 2.54. The minimum atomic E-state index is -0.405. The SMILES string of the molecule is CC(=O)c1cccc(NC(=O)NCc2csc(=O)[nH]2)c1. The number of nitrogens with one attached hydrogen (secondary N) is 3. The number of benzene rings is 1. The van der Waals surface area contributed by atoms with Crippen LogP contribution in [0, 0.1) is 0 Å². The fourth-order valence-corrected chi connectivity index (χ4v) is 2.15. The van der Waals surface area contributed by atoms with Crippen molar-refractivity contribution in [2.45, 2.75) is 13.5 Å². The van der Waals surface area contributed by atoms with Gasteiger partial charge in [0.25, 0.3) is 0 Å². The average Bonchev–Trinajstić information content (AvgIpc) is 2.82. The van der Waals surface area contributed by atoms with Crippen LogP contribution in [0.5, 0.6) is 0 Å². The lowest BCUT2D eigenvalue weighted by molar-refractivity contribution is 0.101. The molecule has 3 N–H and O–H groups in total. The van der Waals surface area contributed by atoms with Crippen molar-refractivity contribution < 1.29 is 9.59 Å². The molecule has 104 valence electrons. The fourth-order valence-electron chi connectivity index (χ4n) is 1.57. The number of hydrogen-bond donors (Lipinski definition) is 3. The van der Waals surface area contributed by atoms with E-state index in [0.717, 1.165) is 11.3 Å². The van der Waals surface area contributed by atoms with Crippen molar-refractivity contribution in [2.75, 3.05) is 5.32 Å². The van der Waals surface area contributed by atoms with Gasteiger partial charge in [-0.2, -0.15) is 0 Å². The smallest absolute Gasteiger partial charge is 0.319 e. The van der Waals surface area contributed by atoms with Gasteiger partial charge in [0, 0.05) is 22.3 Å². The fraction of sp³-hybridized carbons (Fsp3) is 0.154. The van der Waals surface area contributed by atoms with E-state index in [0.29, 0.717) is 16.9 Å². The summed E-state index contributed by atoms with van der Waals surface area (Å²) in [5.74, 6) is -0.0649. The number of carbonyl (C=O) groups is 2. The van der Waals surface area contributed by atoms with Gasteiger partial charge in [-0.05, 0) is 19.1 Å². The Morgan fingerprint density at radius 3 is 2.80 bits per heavy atom. The maximum absolute atomic E-state index is 11.7. The summed E-state index contributed by atoms with van der Waals surface area (Å²) < 4.78 is 0. The predicted molar refractivity (Wildman–Crippen MR) is 77.2 cm³/mol. The van der Waals surface area contributed by atoms with Crippen LogP contribution in [0.1, 0.15) is 23.0 Å². The second kappa shape index (κ2) is 6.16. The predicted octanol–water partition coefficient (Wildman–Crippen LogP) is 1.96. The molecule has 6 nitrogen and oxygen atoms in total. The number of hydrogen-bond acceptors (Lipinski definition) is 4. The number of carbonyl (C=O) groups excluding carboxylic acids is 2. The molecule has 0 radical (unpaired) electrons. The van der Waals surface area contributed by atoms with Gasteiger partial charge >= 0.3 is 10.9 Å². The van der Waals surface area contributed by atoms with Crippen molar-refractivity contribution in [3.8, 4) is 0 Å². The Labute approximate surface area is 118 Å². The Balaban J connectivity index is 1.92. The number of ketones is 1. The highest BCUT2D eigenvalue weighted by molar-refractivity contribution is 7.07. The molecule has 1 aromatic heterocycles. The van der Waals surface area contributed by atoms with Gasteiger partial charge < -0.3 is 15.6 Å². The monoisotopic (exact) mass is 291 g/mol. The van der Waals surface area contributed by atoms with Crippen molar-refractivity contribution in [2.24, 2.45) is 0 Å². The summed E-state index contributed by atoms with van der Waals surface area (Å²) in [6.07, 6.45) is 0. The molecule has 2 amide bonds. The number of thiazole rings is 1. The summed E-state index contributed by atoms with van der Waals surface area (Å²) in [5, 5.41) is 6.89. The number of anilines is 1. The van der Waals surface area contributed by atoms with E-state index in [1.165, 1.54) is 6.92 Å². The normalized spacial score (nSPS) is 10.1. The highest BCUT2D eigenvalue weighted by Crippen LogP contribution is 2.11. The number of aromatic nitrogens is 1. The molecule has 0 bridgehead atoms. The molecule has 0 aliphatic heterocycles. The summed E-state index contributed by atoms with van der Waals surface area (Å²) in [7, 11) is 0. The van der Waals surface area contributed by atoms with Gasteiger partial charge in [0.2, 0.25) is 0 Å². The van der Waals surface area contributed by atoms with Gasteiger partial charge in [-0.3, -0.25) is 9.59 Å². The molecule has 20 heavy (non-hydrogen) atoms. The van der Waals surface area contributed by atoms with Crippen molar-refractivity contribution in [3.05, 3.63) is 50.6 Å². The van der Waals surface area contributed by atoms with Crippen LogP contribution in [0.4, 0.5) is 10.5 Å². The van der Waals surface area contributed by atoms with Gasteiger partial charge in [-0.15, -0.1) is 0 Å². The van der Waals surface area contributed by atoms with Gasteiger partial charge in [0.1, 0.15) is 0 Å². The Bertz CT molecular complexity index is 690. The molecule has 0 spiro atoms. The van der Waals surface area contributed by atoms with Gasteiger partial charge in [0.05, 0.1) is 6.54 Å². The zero-order chi connectivity index (χ0) is 14.5. The topological polar surface area (TPSA) is 91.1 Å². The van der Waals surface area contributed by atoms with E-state index in [4.69, 9.17) is 0 Å². The van der Waals surface area contributed by atoms with Crippen molar-refractivity contribution >= 4 is 28.8 Å². The Morgan fingerprint density at radius 2 is 2.15 bits per heavy atom. The molecular formula is C13H13N3O3S. The number of H-pyrrole nitrogens is 1. The van der Waals surface area contributed by atoms with Crippen LogP contribution < -0.4 is 15.5 Å². The molecular weight excluding hydrogens is 278 g/mol. The molecule has 0 aliphatic rings. The van der Waals surface area contributed by atoms with E-state index in [-0.39, 0.29) is 17.2 Å². The first kappa shape index (κ1) is 14.0. The Kier molecular flexibility index (Phi) is 4.31. The lowest BCUT2D eigenvalue weighted by Gasteiger charge is -2.07. The number of rotatable bonds is 4. The first-order chi connectivity index (χ1) is 9.54. The molecule has 7 heteroatoms. The van der Waals surface area contributed by atoms with E-state index < -0.39 is 6.03 Å². The molecule has 0 saturated carbocycles. The van der Waals surface area contributed by atoms with Crippen LogP contribution in [0.15, 0.2) is 34.4 Å². The van der Waals surface area contributed by atoms with E-state index in [9.17, 15) is 14.4 Å². The molecule has 0 unspecified atom stereocenters. The lowest BCUT2D eigenvalue weighted by atomic mass is 10.1. The van der Waals surface area contributed by atoms with Crippen LogP contribution in [0.3, 0.4) is 0 Å². The second-order valence-corrected chi connectivity index (χ2v) is 4.96. The molecule has 0 atom stereocenters. The largest absolute Gasteiger partial charge is 0.332 e. The maximum Gasteiger partial charge on any atom is 0.319 e. The van der Waals surface area contributed by atoms with Crippen LogP contribution in [0.2, 0.25) is 0 Å². The molecule has 0 saturated heterocycles. The summed E-state index contributed by atoms with van der Waals surface area (Å²) in [5.41, 5.74) is 1.71. The third-order valence-corrected chi connectivity index (χ3v) is 3.26. The van der Waals surface area contributed by atoms with Crippen LogP contribution in [0.25, 0.3) is 0 Å². The molecule has 0 aliphatic carbocycles. The second-order valence-electron chi connectivity index (χ2n) is 4.12. The van der Waals surface area contributed by atoms with Gasteiger partial charge in [0.15, 0.2) is 5.78 Å². The number of urea groups is 1. The molecule has 2 rings (SSSR count). The zero-order valence-electron chi connectivity index (χ0n) is 10.7. The first-order valence-corrected chi connectivity index (χ1v) is 6.75. The standard InChI is InChI=1S/C13H13N3O3S/c1-8(17)9-3-2-4-10(5-9)15-12(18)14-6-11-7-20-13(19)16-11/h2-5,7H,6H2,1H3,(H,16,19)(H2,14,15,18). The van der Waals surface area contributed by atoms with Gasteiger partial charge in [-0.1, -0.05) is 23.5 Å². The van der Waals surface area contributed by atoms with Crippen LogP contribution >= 0.6 is 11.3 Å². The van der Waals surface area contributed by atoms with E-state index in [2.05, 4.69) is 15.6 Å². The van der Waals surface area contributed by atoms with E-state index in [1.807, 2.05) is 0 Å². The minimum Gasteiger partial charge on any atom is -0.332 e. The molecule has 2 aromatic rings. The number of aromatic amines is 1. The molecule has 0 fully saturated rings. The summed E-state index contributed by atoms with van der Waals surface area (Å²) in [4.78, 5) is 36.3. The van der Waals surface area contributed by atoms with Crippen molar-refractivity contribution in [1.29, 1.82) is 0 Å². The summed E-state index contributed by atoms with van der Waals surface area (Å²) in [6.45, 7) is 1.70. The molecule has 1 heterocycles. The van der Waals surface area contributed by atoms with Crippen LogP contribution in [-0.4, -0.2) is 16.8 Å². The van der Waals surface area contributed by atoms with E-state index in [1.54, 1.807) is 29.6 Å². The van der Waals surface area contributed by atoms with Crippen molar-refractivity contribution in [3.63, 3.8) is 0 Å². The summed E-state index contributed by atoms with van der Waals surface area (Å²) >= 11 is 1.04. The van der Waals surface area contributed by atoms with E-state index >= 15 is 0 Å². The minimum absolute atomic E-state index is 0.0649. The Hall–Kier alpha value is -2.41. The van der Waals surface area contributed by atoms with Crippen LogP contribution in [-0.2, 0) is 6.54 Å². The highest BCUT2D eigenvalue weighted by atomic mass is 32.1. The van der Waals surface area contributed by atoms with Crippen molar-refractivity contribution in [1.82, 2.24) is 10.3 Å². The molecule has 1 aromatic carbocycles. The Morgan fingerprint density at radius 1 is 1.35 bits per heavy atom. The number of amides is 2. The maximum atomic E-state index is 11.7. The lowest BCUT2D eigenvalue weighted by Crippen LogP contribution is -2.28. The first-order valence-electron chi connectivity index (χ1n) is 5.87. The quantitative estimate of drug-likeness (QED) is 0.752. The average molecular weight is 291 g/mol. The summed E-state index contributed by atoms with van der Waals surface area (Å²) in [6, 6.07) is 6.27. The number of Topliss-reactive ketones (excluding diaryl/α,β-unsaturated/α-hetero) is 1. The highest BCUT2D eigenvalue weighted by Gasteiger charge is 2.05. The zero-order valence-corrected chi connectivity index (χ0v) is 11.5. The third kappa shape index (κ3) is 3.79.